The molecule has 0 radical (unpaired) electrons. The monoisotopic (exact) mass is 356 g/mol. The van der Waals surface area contributed by atoms with Crippen molar-refractivity contribution in [2.75, 3.05) is 0 Å². The molecular formula is C25H23FN+. The summed E-state index contributed by atoms with van der Waals surface area (Å²) in [6, 6.07) is 19.8. The summed E-state index contributed by atoms with van der Waals surface area (Å²) in [6.45, 7) is 6.50. The molecule has 0 saturated heterocycles. The van der Waals surface area contributed by atoms with E-state index in [9.17, 15) is 4.39 Å². The van der Waals surface area contributed by atoms with E-state index in [1.807, 2.05) is 12.1 Å². The molecule has 0 spiro atoms. The Labute approximate surface area is 159 Å². The lowest BCUT2D eigenvalue weighted by Gasteiger charge is -2.10. The summed E-state index contributed by atoms with van der Waals surface area (Å²) < 4.78 is 15.4. The maximum absolute atomic E-state index is 13.2. The van der Waals surface area contributed by atoms with Gasteiger partial charge in [0.25, 0.3) is 0 Å². The molecule has 1 nitrogen and oxygen atoms in total. The molecule has 0 aliphatic heterocycles. The van der Waals surface area contributed by atoms with Gasteiger partial charge in [0.05, 0.1) is 0 Å². The summed E-state index contributed by atoms with van der Waals surface area (Å²) in [4.78, 5) is 0. The van der Waals surface area contributed by atoms with E-state index in [1.54, 1.807) is 0 Å². The Kier molecular flexibility index (Phi) is 4.27. The molecule has 4 rings (SSSR count). The molecule has 0 aliphatic carbocycles. The van der Waals surface area contributed by atoms with Crippen LogP contribution >= 0.6 is 0 Å². The Bertz CT molecular complexity index is 1160. The maximum Gasteiger partial charge on any atom is 0.213 e. The molecule has 0 N–H and O–H groups in total. The van der Waals surface area contributed by atoms with E-state index < -0.39 is 0 Å². The molecule has 0 bridgehead atoms. The maximum atomic E-state index is 13.2. The third-order valence-electron chi connectivity index (χ3n) is 5.36. The molecule has 3 aromatic carbocycles. The van der Waals surface area contributed by atoms with Gasteiger partial charge in [-0.3, -0.25) is 0 Å². The molecule has 2 heteroatoms. The van der Waals surface area contributed by atoms with Crippen LogP contribution in [0.5, 0.6) is 0 Å². The highest BCUT2D eigenvalue weighted by Gasteiger charge is 2.16. The average molecular weight is 356 g/mol. The first kappa shape index (κ1) is 17.4. The Morgan fingerprint density at radius 3 is 2.19 bits per heavy atom. The van der Waals surface area contributed by atoms with E-state index in [-0.39, 0.29) is 5.82 Å². The van der Waals surface area contributed by atoms with Gasteiger partial charge < -0.3 is 0 Å². The van der Waals surface area contributed by atoms with Crippen molar-refractivity contribution in [3.05, 3.63) is 89.4 Å². The minimum atomic E-state index is -0.209. The number of aryl methyl sites for hydroxylation is 3. The van der Waals surface area contributed by atoms with Crippen molar-refractivity contribution in [2.24, 2.45) is 7.05 Å². The van der Waals surface area contributed by atoms with Gasteiger partial charge in [-0.15, -0.1) is 0 Å². The van der Waals surface area contributed by atoms with Crippen LogP contribution in [0.25, 0.3) is 33.2 Å². The number of fused-ring (bicyclic) bond motifs is 1. The third kappa shape index (κ3) is 3.23. The van der Waals surface area contributed by atoms with E-state index in [0.717, 1.165) is 11.1 Å². The lowest BCUT2D eigenvalue weighted by atomic mass is 9.96. The Hall–Kier alpha value is -3.00. The van der Waals surface area contributed by atoms with Crippen molar-refractivity contribution >= 4 is 10.8 Å². The van der Waals surface area contributed by atoms with Gasteiger partial charge in [-0.25, -0.2) is 8.96 Å². The van der Waals surface area contributed by atoms with E-state index in [2.05, 4.69) is 75.0 Å². The number of hydrogen-bond acceptors (Lipinski definition) is 0. The van der Waals surface area contributed by atoms with Crippen molar-refractivity contribution < 1.29 is 8.96 Å². The number of rotatable bonds is 2. The van der Waals surface area contributed by atoms with Gasteiger partial charge in [-0.2, -0.15) is 0 Å². The van der Waals surface area contributed by atoms with Crippen LogP contribution in [-0.2, 0) is 7.05 Å². The lowest BCUT2D eigenvalue weighted by molar-refractivity contribution is -0.659. The summed E-state index contributed by atoms with van der Waals surface area (Å²) in [5, 5.41) is 2.37. The van der Waals surface area contributed by atoms with Gasteiger partial charge in [0.1, 0.15) is 12.9 Å². The molecular weight excluding hydrogens is 333 g/mol. The number of hydrogen-bond donors (Lipinski definition) is 0. The first-order valence-corrected chi connectivity index (χ1v) is 9.20. The molecule has 27 heavy (non-hydrogen) atoms. The summed E-state index contributed by atoms with van der Waals surface area (Å²) in [6.07, 6.45) is 2.18. The molecule has 0 saturated carbocycles. The number of aromatic nitrogens is 1. The average Bonchev–Trinajstić information content (AvgIpc) is 2.64. The summed E-state index contributed by atoms with van der Waals surface area (Å²) in [5.41, 5.74) is 8.52. The van der Waals surface area contributed by atoms with Gasteiger partial charge in [0.15, 0.2) is 6.20 Å². The lowest BCUT2D eigenvalue weighted by Crippen LogP contribution is -2.30. The van der Waals surface area contributed by atoms with Crippen LogP contribution in [0, 0.1) is 26.6 Å². The fourth-order valence-corrected chi connectivity index (χ4v) is 3.74. The quantitative estimate of drug-likeness (QED) is 0.384. The van der Waals surface area contributed by atoms with Gasteiger partial charge >= 0.3 is 0 Å². The standard InChI is InChI=1S/C25H23FN/c1-16-11-17(2)18(3)24(12-16)25-14-21-6-5-20(13-22(21)15-27(25)4)19-7-9-23(26)10-8-19/h5-15H,1-4H3/q+1. The number of pyridine rings is 1. The topological polar surface area (TPSA) is 3.88 Å². The number of halogens is 1. The van der Waals surface area contributed by atoms with Crippen LogP contribution in [0.4, 0.5) is 4.39 Å². The summed E-state index contributed by atoms with van der Waals surface area (Å²) >= 11 is 0. The van der Waals surface area contributed by atoms with Gasteiger partial charge in [0, 0.05) is 17.0 Å². The minimum absolute atomic E-state index is 0.209. The molecule has 0 aliphatic rings. The molecule has 0 amide bonds. The highest BCUT2D eigenvalue weighted by atomic mass is 19.1. The van der Waals surface area contributed by atoms with Crippen LogP contribution in [0.15, 0.2) is 66.9 Å². The predicted octanol–water partition coefficient (Wildman–Crippen LogP) is 6.06. The Morgan fingerprint density at radius 2 is 1.44 bits per heavy atom. The Morgan fingerprint density at radius 1 is 0.741 bits per heavy atom. The molecule has 1 aromatic heterocycles. The van der Waals surface area contributed by atoms with Crippen molar-refractivity contribution in [2.45, 2.75) is 20.8 Å². The first-order chi connectivity index (χ1) is 12.9. The fraction of sp³-hybridized carbons (Fsp3) is 0.160. The molecule has 1 heterocycles. The van der Waals surface area contributed by atoms with E-state index in [1.165, 1.54) is 50.9 Å². The highest BCUT2D eigenvalue weighted by Crippen LogP contribution is 2.29. The second-order valence-corrected chi connectivity index (χ2v) is 7.37. The van der Waals surface area contributed by atoms with Crippen LogP contribution < -0.4 is 4.57 Å². The van der Waals surface area contributed by atoms with Crippen LogP contribution in [0.3, 0.4) is 0 Å². The van der Waals surface area contributed by atoms with Gasteiger partial charge in [0.2, 0.25) is 5.69 Å². The van der Waals surface area contributed by atoms with Crippen LogP contribution in [-0.4, -0.2) is 0 Å². The second-order valence-electron chi connectivity index (χ2n) is 7.37. The highest BCUT2D eigenvalue weighted by molar-refractivity contribution is 5.88. The van der Waals surface area contributed by atoms with E-state index in [4.69, 9.17) is 0 Å². The zero-order chi connectivity index (χ0) is 19.1. The van der Waals surface area contributed by atoms with Crippen molar-refractivity contribution in [1.82, 2.24) is 0 Å². The van der Waals surface area contributed by atoms with Crippen molar-refractivity contribution in [3.8, 4) is 22.4 Å². The third-order valence-corrected chi connectivity index (χ3v) is 5.36. The molecule has 134 valence electrons. The van der Waals surface area contributed by atoms with Gasteiger partial charge in [-0.05, 0) is 72.7 Å². The summed E-state index contributed by atoms with van der Waals surface area (Å²) in [7, 11) is 2.09. The van der Waals surface area contributed by atoms with Crippen LogP contribution in [0.1, 0.15) is 16.7 Å². The predicted molar refractivity (Wildman–Crippen MR) is 110 cm³/mol. The molecule has 0 atom stereocenters. The SMILES string of the molecule is Cc1cc(C)c(C)c(-c2cc3ccc(-c4ccc(F)cc4)cc3c[n+]2C)c1. The van der Waals surface area contributed by atoms with Gasteiger partial charge in [-0.1, -0.05) is 35.9 Å². The molecule has 0 unspecified atom stereocenters. The Balaban J connectivity index is 1.86. The largest absolute Gasteiger partial charge is 0.213 e. The number of nitrogens with zero attached hydrogens (tertiary/aromatic N) is 1. The zero-order valence-electron chi connectivity index (χ0n) is 16.2. The zero-order valence-corrected chi connectivity index (χ0v) is 16.2. The second kappa shape index (κ2) is 6.62. The minimum Gasteiger partial charge on any atom is -0.207 e. The van der Waals surface area contributed by atoms with Crippen molar-refractivity contribution in [1.29, 1.82) is 0 Å². The molecule has 4 aromatic rings. The summed E-state index contributed by atoms with van der Waals surface area (Å²) in [5.74, 6) is -0.209. The normalized spacial score (nSPS) is 11.1. The smallest absolute Gasteiger partial charge is 0.207 e. The van der Waals surface area contributed by atoms with E-state index in [0.29, 0.717) is 0 Å². The number of benzene rings is 3. The van der Waals surface area contributed by atoms with Crippen LogP contribution in [0.2, 0.25) is 0 Å². The first-order valence-electron chi connectivity index (χ1n) is 9.20. The van der Waals surface area contributed by atoms with E-state index >= 15 is 0 Å². The fourth-order valence-electron chi connectivity index (χ4n) is 3.74. The molecule has 0 fully saturated rings. The van der Waals surface area contributed by atoms with Crippen molar-refractivity contribution in [3.63, 3.8) is 0 Å².